The molecule has 1 N–H and O–H groups in total. The van der Waals surface area contributed by atoms with Crippen LogP contribution in [0.4, 0.5) is 11.4 Å². The van der Waals surface area contributed by atoms with Crippen LogP contribution < -0.4 is 19.7 Å². The molecule has 1 fully saturated rings. The molecular weight excluding hydrogens is 518 g/mol. The Morgan fingerprint density at radius 1 is 0.949 bits per heavy atom. The van der Waals surface area contributed by atoms with Crippen LogP contribution in [0.5, 0.6) is 11.5 Å². The first kappa shape index (κ1) is 27.6. The highest BCUT2D eigenvalue weighted by Crippen LogP contribution is 2.32. The van der Waals surface area contributed by atoms with Crippen LogP contribution in [0.15, 0.2) is 72.8 Å². The zero-order chi connectivity index (χ0) is 27.9. The van der Waals surface area contributed by atoms with Crippen molar-refractivity contribution >= 4 is 46.5 Å². The molecule has 4 rings (SSSR count). The number of nitrogens with one attached hydrogen (secondary N) is 1. The monoisotopic (exact) mass is 547 g/mol. The van der Waals surface area contributed by atoms with E-state index in [-0.39, 0.29) is 31.4 Å². The second-order valence-corrected chi connectivity index (χ2v) is 9.04. The number of para-hydroxylation sites is 1. The van der Waals surface area contributed by atoms with Crippen LogP contribution in [0.2, 0.25) is 0 Å². The molecule has 3 aromatic rings. The van der Waals surface area contributed by atoms with Gasteiger partial charge in [0.25, 0.3) is 5.91 Å². The van der Waals surface area contributed by atoms with Crippen molar-refractivity contribution in [2.45, 2.75) is 25.9 Å². The molecule has 3 aromatic carbocycles. The highest BCUT2D eigenvalue weighted by Gasteiger charge is 2.44. The van der Waals surface area contributed by atoms with Crippen molar-refractivity contribution < 1.29 is 28.6 Å². The van der Waals surface area contributed by atoms with Gasteiger partial charge in [-0.15, -0.1) is 0 Å². The lowest BCUT2D eigenvalue weighted by Crippen LogP contribution is -2.37. The van der Waals surface area contributed by atoms with Gasteiger partial charge in [0.2, 0.25) is 5.91 Å². The number of esters is 1. The predicted molar refractivity (Wildman–Crippen MR) is 151 cm³/mol. The summed E-state index contributed by atoms with van der Waals surface area (Å²) in [5, 5.41) is 3.11. The smallest absolute Gasteiger partial charge is 0.338 e. The van der Waals surface area contributed by atoms with E-state index in [1.807, 2.05) is 30.3 Å². The summed E-state index contributed by atoms with van der Waals surface area (Å²) in [6, 6.07) is 20.1. The summed E-state index contributed by atoms with van der Waals surface area (Å²) in [5.41, 5.74) is 2.33. The van der Waals surface area contributed by atoms with E-state index >= 15 is 0 Å². The average molecular weight is 548 g/mol. The number of hydrogen-bond donors (Lipinski definition) is 1. The Kier molecular flexibility index (Phi) is 8.77. The number of nitrogens with zero attached hydrogens (tertiary/aromatic N) is 2. The van der Waals surface area contributed by atoms with Gasteiger partial charge in [-0.05, 0) is 73.2 Å². The lowest BCUT2D eigenvalue weighted by molar-refractivity contribution is -0.124. The maximum absolute atomic E-state index is 13.6. The topological polar surface area (TPSA) is 97.4 Å². The SMILES string of the molecule is CCOC(=O)c1ccc(NC(=O)CC2C(=O)N(c3ccccc3)C(=S)N2Cc2ccc(OC)c(OC)c2)cc1. The van der Waals surface area contributed by atoms with Gasteiger partial charge in [0, 0.05) is 12.2 Å². The van der Waals surface area contributed by atoms with Crippen LogP contribution >= 0.6 is 12.2 Å². The largest absolute Gasteiger partial charge is 0.493 e. The molecular formula is C29H29N3O6S. The molecule has 0 spiro atoms. The Hall–Kier alpha value is -4.44. The van der Waals surface area contributed by atoms with Crippen molar-refractivity contribution in [3.63, 3.8) is 0 Å². The minimum atomic E-state index is -0.829. The Bertz CT molecular complexity index is 1360. The maximum atomic E-state index is 13.6. The van der Waals surface area contributed by atoms with Gasteiger partial charge < -0.3 is 24.4 Å². The molecule has 2 amide bonds. The number of benzene rings is 3. The number of amides is 2. The molecule has 1 unspecified atom stereocenters. The molecule has 1 heterocycles. The summed E-state index contributed by atoms with van der Waals surface area (Å²) in [5.74, 6) is 0.0306. The molecule has 1 saturated heterocycles. The van der Waals surface area contributed by atoms with E-state index < -0.39 is 12.0 Å². The van der Waals surface area contributed by atoms with Crippen molar-refractivity contribution in [1.29, 1.82) is 0 Å². The summed E-state index contributed by atoms with van der Waals surface area (Å²) in [6.45, 7) is 2.28. The zero-order valence-corrected chi connectivity index (χ0v) is 22.7. The third-order valence-electron chi connectivity index (χ3n) is 6.19. The molecule has 1 atom stereocenters. The van der Waals surface area contributed by atoms with Crippen LogP contribution in [0.3, 0.4) is 0 Å². The first-order valence-corrected chi connectivity index (χ1v) is 12.7. The lowest BCUT2D eigenvalue weighted by Gasteiger charge is -2.24. The predicted octanol–water partition coefficient (Wildman–Crippen LogP) is 4.41. The number of hydrogen-bond acceptors (Lipinski definition) is 7. The third kappa shape index (κ3) is 6.18. The number of carbonyl (C=O) groups is 3. The standard InChI is InChI=1S/C29H29N3O6S/c1-4-38-28(35)20-11-13-21(14-12-20)30-26(33)17-23-27(34)32(22-8-6-5-7-9-22)29(39)31(23)18-19-10-15-24(36-2)25(16-19)37-3/h5-16,23H,4,17-18H2,1-3H3,(H,30,33). The van der Waals surface area contributed by atoms with Gasteiger partial charge >= 0.3 is 5.97 Å². The Morgan fingerprint density at radius 2 is 1.64 bits per heavy atom. The number of methoxy groups -OCH3 is 2. The number of anilines is 2. The average Bonchev–Trinajstić information content (AvgIpc) is 3.17. The van der Waals surface area contributed by atoms with Crippen molar-refractivity contribution in [1.82, 2.24) is 4.90 Å². The summed E-state index contributed by atoms with van der Waals surface area (Å²) in [4.78, 5) is 41.8. The van der Waals surface area contributed by atoms with Gasteiger partial charge in [-0.1, -0.05) is 24.3 Å². The fourth-order valence-electron chi connectivity index (χ4n) is 4.30. The van der Waals surface area contributed by atoms with Crippen molar-refractivity contribution in [3.8, 4) is 11.5 Å². The van der Waals surface area contributed by atoms with Gasteiger partial charge in [-0.3, -0.25) is 14.5 Å². The van der Waals surface area contributed by atoms with Gasteiger partial charge in [0.05, 0.1) is 38.5 Å². The molecule has 0 saturated carbocycles. The van der Waals surface area contributed by atoms with Crippen molar-refractivity contribution in [3.05, 3.63) is 83.9 Å². The quantitative estimate of drug-likeness (QED) is 0.295. The van der Waals surface area contributed by atoms with Crippen LogP contribution in [-0.2, 0) is 20.9 Å². The zero-order valence-electron chi connectivity index (χ0n) is 21.9. The van der Waals surface area contributed by atoms with Crippen molar-refractivity contribution in [2.24, 2.45) is 0 Å². The minimum Gasteiger partial charge on any atom is -0.493 e. The highest BCUT2D eigenvalue weighted by atomic mass is 32.1. The second kappa shape index (κ2) is 12.4. The summed E-state index contributed by atoms with van der Waals surface area (Å²) < 4.78 is 15.8. The van der Waals surface area contributed by atoms with E-state index in [1.54, 1.807) is 68.5 Å². The Morgan fingerprint density at radius 3 is 2.28 bits per heavy atom. The highest BCUT2D eigenvalue weighted by molar-refractivity contribution is 7.80. The van der Waals surface area contributed by atoms with E-state index in [0.717, 1.165) is 5.56 Å². The summed E-state index contributed by atoms with van der Waals surface area (Å²) in [6.07, 6.45) is -0.130. The van der Waals surface area contributed by atoms with E-state index in [9.17, 15) is 14.4 Å². The molecule has 10 heteroatoms. The second-order valence-electron chi connectivity index (χ2n) is 8.67. The van der Waals surface area contributed by atoms with E-state index in [4.69, 9.17) is 26.4 Å². The lowest BCUT2D eigenvalue weighted by atomic mass is 10.1. The van der Waals surface area contributed by atoms with E-state index in [2.05, 4.69) is 5.32 Å². The number of carbonyl (C=O) groups excluding carboxylic acids is 3. The summed E-state index contributed by atoms with van der Waals surface area (Å²) >= 11 is 5.75. The molecule has 202 valence electrons. The number of rotatable bonds is 10. The maximum Gasteiger partial charge on any atom is 0.338 e. The normalized spacial score (nSPS) is 14.8. The molecule has 0 radical (unpaired) electrons. The first-order chi connectivity index (χ1) is 18.9. The Labute approximate surface area is 232 Å². The fourth-order valence-corrected chi connectivity index (χ4v) is 4.68. The van der Waals surface area contributed by atoms with Gasteiger partial charge in [0.15, 0.2) is 16.6 Å². The van der Waals surface area contributed by atoms with Gasteiger partial charge in [0.1, 0.15) is 6.04 Å². The molecule has 1 aliphatic heterocycles. The fraction of sp³-hybridized carbons (Fsp3) is 0.241. The van der Waals surface area contributed by atoms with Gasteiger partial charge in [-0.25, -0.2) is 4.79 Å². The molecule has 39 heavy (non-hydrogen) atoms. The van der Waals surface area contributed by atoms with Gasteiger partial charge in [-0.2, -0.15) is 0 Å². The first-order valence-electron chi connectivity index (χ1n) is 12.3. The molecule has 9 nitrogen and oxygen atoms in total. The number of thiocarbonyl (C=S) groups is 1. The molecule has 1 aliphatic rings. The van der Waals surface area contributed by atoms with E-state index in [0.29, 0.717) is 33.5 Å². The van der Waals surface area contributed by atoms with Crippen LogP contribution in [-0.4, -0.2) is 54.7 Å². The van der Waals surface area contributed by atoms with Crippen molar-refractivity contribution in [2.75, 3.05) is 31.0 Å². The van der Waals surface area contributed by atoms with Crippen LogP contribution in [0.1, 0.15) is 29.3 Å². The Balaban J connectivity index is 1.56. The number of ether oxygens (including phenoxy) is 3. The summed E-state index contributed by atoms with van der Waals surface area (Å²) in [7, 11) is 3.11. The molecule has 0 aliphatic carbocycles. The van der Waals surface area contributed by atoms with Crippen LogP contribution in [0.25, 0.3) is 0 Å². The van der Waals surface area contributed by atoms with Crippen LogP contribution in [0, 0.1) is 0 Å². The molecule has 0 aromatic heterocycles. The van der Waals surface area contributed by atoms with E-state index in [1.165, 1.54) is 4.90 Å². The third-order valence-corrected chi connectivity index (χ3v) is 6.61. The minimum absolute atomic E-state index is 0.130. The molecule has 0 bridgehead atoms.